The first-order valence-electron chi connectivity index (χ1n) is 11.2. The minimum absolute atomic E-state index is 0.0975. The molecule has 2 N–H and O–H groups in total. The number of rotatable bonds is 7. The third-order valence-electron chi connectivity index (χ3n) is 6.04. The third-order valence-corrected chi connectivity index (χ3v) is 6.04. The first-order valence-corrected chi connectivity index (χ1v) is 11.2. The maximum absolute atomic E-state index is 15.3. The van der Waals surface area contributed by atoms with E-state index in [4.69, 9.17) is 4.74 Å². The molecule has 0 unspecified atom stereocenters. The molecule has 3 aromatic rings. The van der Waals surface area contributed by atoms with Gasteiger partial charge in [-0.1, -0.05) is 12.1 Å². The fourth-order valence-corrected chi connectivity index (χ4v) is 4.01. The van der Waals surface area contributed by atoms with E-state index < -0.39 is 64.5 Å². The van der Waals surface area contributed by atoms with Crippen molar-refractivity contribution < 1.29 is 35.9 Å². The van der Waals surface area contributed by atoms with Crippen LogP contribution < -0.4 is 10.9 Å². The number of hydrogen-bond donors (Lipinski definition) is 2. The van der Waals surface area contributed by atoms with E-state index in [1.807, 2.05) is 0 Å². The number of nitrogens with zero attached hydrogens (tertiary/aromatic N) is 1. The third kappa shape index (κ3) is 6.01. The lowest BCUT2D eigenvalue weighted by Crippen LogP contribution is -2.42. The van der Waals surface area contributed by atoms with Crippen molar-refractivity contribution in [2.24, 2.45) is 5.92 Å². The van der Waals surface area contributed by atoms with Gasteiger partial charge in [-0.3, -0.25) is 9.59 Å². The van der Waals surface area contributed by atoms with Gasteiger partial charge in [0.25, 0.3) is 5.56 Å². The van der Waals surface area contributed by atoms with Crippen molar-refractivity contribution in [1.82, 2.24) is 15.3 Å². The van der Waals surface area contributed by atoms with E-state index in [9.17, 15) is 31.5 Å². The largest absolute Gasteiger partial charge is 0.417 e. The summed E-state index contributed by atoms with van der Waals surface area (Å²) in [6.07, 6.45) is -4.63. The summed E-state index contributed by atoms with van der Waals surface area (Å²) in [6.45, 7) is 0.897. The number of ether oxygens (including phenoxy) is 1. The summed E-state index contributed by atoms with van der Waals surface area (Å²) >= 11 is 0. The van der Waals surface area contributed by atoms with Gasteiger partial charge in [0.2, 0.25) is 5.91 Å². The number of nitrogens with one attached hydrogen (secondary N) is 2. The molecule has 1 amide bonds. The molecular formula is C25H21F6N3O3. The first kappa shape index (κ1) is 26.4. The van der Waals surface area contributed by atoms with Crippen LogP contribution in [0.5, 0.6) is 0 Å². The van der Waals surface area contributed by atoms with Crippen LogP contribution in [-0.2, 0) is 28.9 Å². The van der Waals surface area contributed by atoms with Crippen LogP contribution in [-0.4, -0.2) is 22.0 Å². The number of aromatic amines is 1. The Balaban J connectivity index is 1.40. The van der Waals surface area contributed by atoms with Crippen molar-refractivity contribution in [3.8, 4) is 11.4 Å². The fraction of sp³-hybridized carbons (Fsp3) is 0.320. The van der Waals surface area contributed by atoms with Crippen molar-refractivity contribution in [2.75, 3.05) is 0 Å². The molecular weight excluding hydrogens is 504 g/mol. The smallest absolute Gasteiger partial charge is 0.373 e. The highest BCUT2D eigenvalue weighted by atomic mass is 19.4. The molecule has 0 atom stereocenters. The minimum atomic E-state index is -4.92. The zero-order valence-electron chi connectivity index (χ0n) is 19.4. The second kappa shape index (κ2) is 10.4. The molecule has 1 saturated carbocycles. The lowest BCUT2D eigenvalue weighted by atomic mass is 9.81. The molecule has 0 spiro atoms. The number of amides is 1. The van der Waals surface area contributed by atoms with Gasteiger partial charge in [0.05, 0.1) is 23.8 Å². The Labute approximate surface area is 206 Å². The van der Waals surface area contributed by atoms with Crippen molar-refractivity contribution in [3.05, 3.63) is 86.6 Å². The molecule has 1 aliphatic rings. The Morgan fingerprint density at radius 2 is 1.81 bits per heavy atom. The van der Waals surface area contributed by atoms with Crippen molar-refractivity contribution in [1.29, 1.82) is 0 Å². The number of H-pyrrole nitrogens is 1. The molecule has 12 heteroatoms. The Morgan fingerprint density at radius 1 is 1.11 bits per heavy atom. The highest BCUT2D eigenvalue weighted by Crippen LogP contribution is 2.38. The number of carbonyl (C=O) groups excluding carboxylic acids is 1. The van der Waals surface area contributed by atoms with Gasteiger partial charge in [0, 0.05) is 41.4 Å². The lowest BCUT2D eigenvalue weighted by Gasteiger charge is -2.34. The zero-order chi connectivity index (χ0) is 26.9. The lowest BCUT2D eigenvalue weighted by molar-refractivity contribution is -0.137. The Bertz CT molecular complexity index is 1380. The van der Waals surface area contributed by atoms with Crippen LogP contribution in [0.2, 0.25) is 0 Å². The van der Waals surface area contributed by atoms with Gasteiger partial charge in [0.15, 0.2) is 0 Å². The van der Waals surface area contributed by atoms with Crippen molar-refractivity contribution in [3.63, 3.8) is 0 Å². The van der Waals surface area contributed by atoms with Crippen molar-refractivity contribution >= 4 is 5.91 Å². The predicted octanol–water partition coefficient (Wildman–Crippen LogP) is 4.79. The van der Waals surface area contributed by atoms with Crippen LogP contribution in [0.3, 0.4) is 0 Å². The van der Waals surface area contributed by atoms with Crippen LogP contribution in [0.25, 0.3) is 11.4 Å². The van der Waals surface area contributed by atoms with Gasteiger partial charge < -0.3 is 15.0 Å². The SMILES string of the molecule is Cc1cc(=O)[nH]c(-c2c(C(F)(F)F)ccc(CNC(=O)[C@H]3C[C@H](OCc4ccc(F)cc4F)C3)c2F)n1. The van der Waals surface area contributed by atoms with Gasteiger partial charge in [-0.05, 0) is 31.9 Å². The van der Waals surface area contributed by atoms with E-state index in [-0.39, 0.29) is 29.5 Å². The Morgan fingerprint density at radius 3 is 2.46 bits per heavy atom. The average Bonchev–Trinajstić information content (AvgIpc) is 2.76. The van der Waals surface area contributed by atoms with Gasteiger partial charge >= 0.3 is 6.18 Å². The second-order valence-electron chi connectivity index (χ2n) is 8.75. The number of alkyl halides is 3. The Kier molecular flexibility index (Phi) is 7.39. The zero-order valence-corrected chi connectivity index (χ0v) is 19.4. The molecule has 0 bridgehead atoms. The first-order chi connectivity index (χ1) is 17.4. The number of halogens is 6. The molecule has 37 heavy (non-hydrogen) atoms. The molecule has 4 rings (SSSR count). The molecule has 1 aromatic heterocycles. The summed E-state index contributed by atoms with van der Waals surface area (Å²) in [5.41, 5.74) is -2.91. The maximum atomic E-state index is 15.3. The van der Waals surface area contributed by atoms with Gasteiger partial charge in [-0.15, -0.1) is 0 Å². The molecule has 0 saturated heterocycles. The number of hydrogen-bond acceptors (Lipinski definition) is 4. The summed E-state index contributed by atoms with van der Waals surface area (Å²) in [7, 11) is 0. The fourth-order valence-electron chi connectivity index (χ4n) is 4.01. The monoisotopic (exact) mass is 525 g/mol. The van der Waals surface area contributed by atoms with Gasteiger partial charge in [-0.25, -0.2) is 18.2 Å². The molecule has 1 aliphatic carbocycles. The number of carbonyl (C=O) groups is 1. The maximum Gasteiger partial charge on any atom is 0.417 e. The van der Waals surface area contributed by atoms with E-state index >= 15 is 4.39 Å². The van der Waals surface area contributed by atoms with Crippen LogP contribution >= 0.6 is 0 Å². The van der Waals surface area contributed by atoms with Crippen LogP contribution in [0.15, 0.2) is 41.2 Å². The molecule has 196 valence electrons. The molecule has 0 radical (unpaired) electrons. The second-order valence-corrected chi connectivity index (χ2v) is 8.75. The van der Waals surface area contributed by atoms with E-state index in [1.54, 1.807) is 0 Å². The predicted molar refractivity (Wildman–Crippen MR) is 119 cm³/mol. The Hall–Kier alpha value is -3.67. The number of aryl methyl sites for hydroxylation is 1. The topological polar surface area (TPSA) is 84.1 Å². The number of benzene rings is 2. The average molecular weight is 525 g/mol. The van der Waals surface area contributed by atoms with Gasteiger partial charge in [-0.2, -0.15) is 13.2 Å². The molecule has 1 fully saturated rings. The summed E-state index contributed by atoms with van der Waals surface area (Å²) in [4.78, 5) is 30.2. The van der Waals surface area contributed by atoms with E-state index in [0.717, 1.165) is 24.3 Å². The summed E-state index contributed by atoms with van der Waals surface area (Å²) < 4.78 is 88.1. The molecule has 6 nitrogen and oxygen atoms in total. The molecule has 0 aliphatic heterocycles. The highest BCUT2D eigenvalue weighted by Gasteiger charge is 2.38. The van der Waals surface area contributed by atoms with Crippen LogP contribution in [0.1, 0.15) is 35.2 Å². The molecule has 2 aromatic carbocycles. The quantitative estimate of drug-likeness (QED) is 0.435. The standard InChI is InChI=1S/C25H21F6N3O3/c1-12-6-20(35)34-23(33-12)21-18(25(29,30)31)5-3-13(22(21)28)10-32-24(36)15-7-17(8-15)37-11-14-2-4-16(26)9-19(14)27/h2-6,9,15,17H,7-8,10-11H2,1H3,(H,32,36)(H,33,34,35)/t15-,17-. The van der Waals surface area contributed by atoms with Crippen LogP contribution in [0, 0.1) is 30.3 Å². The van der Waals surface area contributed by atoms with E-state index in [0.29, 0.717) is 18.9 Å². The molecule has 1 heterocycles. The van der Waals surface area contributed by atoms with Crippen LogP contribution in [0.4, 0.5) is 26.3 Å². The summed E-state index contributed by atoms with van der Waals surface area (Å²) in [5, 5.41) is 2.50. The van der Waals surface area contributed by atoms with Crippen molar-refractivity contribution in [2.45, 2.75) is 45.2 Å². The summed E-state index contributed by atoms with van der Waals surface area (Å²) in [5.74, 6) is -4.21. The van der Waals surface area contributed by atoms with E-state index in [2.05, 4.69) is 15.3 Å². The van der Waals surface area contributed by atoms with E-state index in [1.165, 1.54) is 13.0 Å². The highest BCUT2D eigenvalue weighted by molar-refractivity contribution is 5.79. The minimum Gasteiger partial charge on any atom is -0.373 e. The van der Waals surface area contributed by atoms with Gasteiger partial charge in [0.1, 0.15) is 23.3 Å². The summed E-state index contributed by atoms with van der Waals surface area (Å²) in [6, 6.07) is 5.77. The number of aromatic nitrogens is 2. The normalized spacial score (nSPS) is 17.4.